The van der Waals surface area contributed by atoms with E-state index in [1.54, 1.807) is 24.3 Å². The van der Waals surface area contributed by atoms with Crippen molar-refractivity contribution < 1.29 is 15.0 Å². The highest BCUT2D eigenvalue weighted by Gasteiger charge is 2.19. The first-order chi connectivity index (χ1) is 11.3. The SMILES string of the molecule is CC(C)(C)c1cccc(C=NNC(=O)Cc2cccc(O)c2)c1O. The van der Waals surface area contributed by atoms with Gasteiger partial charge >= 0.3 is 0 Å². The molecule has 3 N–H and O–H groups in total. The first-order valence-electron chi connectivity index (χ1n) is 7.69. The molecule has 2 aromatic rings. The number of amides is 1. The number of hydrazone groups is 1. The van der Waals surface area contributed by atoms with Crippen molar-refractivity contribution in [2.24, 2.45) is 5.10 Å². The standard InChI is InChI=1S/C19H22N2O3/c1-19(2,3)16-9-5-7-14(18(16)24)12-20-21-17(23)11-13-6-4-8-15(22)10-13/h4-10,12,22,24H,11H2,1-3H3,(H,21,23). The molecule has 0 aliphatic carbocycles. The number of nitrogens with zero attached hydrogens (tertiary/aromatic N) is 1. The van der Waals surface area contributed by atoms with Crippen LogP contribution in [0.1, 0.15) is 37.5 Å². The number of phenols is 2. The van der Waals surface area contributed by atoms with Crippen LogP contribution in [0.5, 0.6) is 11.5 Å². The molecule has 0 saturated carbocycles. The quantitative estimate of drug-likeness (QED) is 0.596. The van der Waals surface area contributed by atoms with E-state index in [0.29, 0.717) is 11.1 Å². The molecule has 0 fully saturated rings. The third-order valence-electron chi connectivity index (χ3n) is 3.54. The first kappa shape index (κ1) is 17.5. The number of para-hydroxylation sites is 1. The summed E-state index contributed by atoms with van der Waals surface area (Å²) >= 11 is 0. The van der Waals surface area contributed by atoms with Gasteiger partial charge in [-0.2, -0.15) is 5.10 Å². The zero-order chi connectivity index (χ0) is 17.7. The number of carbonyl (C=O) groups excluding carboxylic acids is 1. The number of benzene rings is 2. The van der Waals surface area contributed by atoms with Crippen LogP contribution in [0.2, 0.25) is 0 Å². The largest absolute Gasteiger partial charge is 0.508 e. The molecule has 5 nitrogen and oxygen atoms in total. The number of carbonyl (C=O) groups is 1. The maximum Gasteiger partial charge on any atom is 0.244 e. The van der Waals surface area contributed by atoms with E-state index in [0.717, 1.165) is 5.56 Å². The van der Waals surface area contributed by atoms with E-state index in [4.69, 9.17) is 0 Å². The van der Waals surface area contributed by atoms with Crippen LogP contribution in [0.25, 0.3) is 0 Å². The minimum absolute atomic E-state index is 0.111. The second-order valence-corrected chi connectivity index (χ2v) is 6.63. The van der Waals surface area contributed by atoms with Gasteiger partial charge in [0.1, 0.15) is 11.5 Å². The fraction of sp³-hybridized carbons (Fsp3) is 0.263. The number of phenolic OH excluding ortho intramolecular Hbond substituents is 2. The zero-order valence-electron chi connectivity index (χ0n) is 14.1. The van der Waals surface area contributed by atoms with Crippen molar-refractivity contribution in [2.75, 3.05) is 0 Å². The Kier molecular flexibility index (Phi) is 5.24. The molecule has 5 heteroatoms. The third-order valence-corrected chi connectivity index (χ3v) is 3.54. The maximum absolute atomic E-state index is 11.9. The molecule has 2 rings (SSSR count). The van der Waals surface area contributed by atoms with Gasteiger partial charge in [0, 0.05) is 5.56 Å². The fourth-order valence-corrected chi connectivity index (χ4v) is 2.34. The van der Waals surface area contributed by atoms with E-state index in [-0.39, 0.29) is 29.2 Å². The van der Waals surface area contributed by atoms with E-state index >= 15 is 0 Å². The Morgan fingerprint density at radius 1 is 1.17 bits per heavy atom. The van der Waals surface area contributed by atoms with Gasteiger partial charge in [-0.15, -0.1) is 0 Å². The van der Waals surface area contributed by atoms with Gasteiger partial charge in [-0.3, -0.25) is 4.79 Å². The molecule has 1 amide bonds. The van der Waals surface area contributed by atoms with E-state index < -0.39 is 0 Å². The van der Waals surface area contributed by atoms with Gasteiger partial charge in [0.15, 0.2) is 0 Å². The summed E-state index contributed by atoms with van der Waals surface area (Å²) < 4.78 is 0. The van der Waals surface area contributed by atoms with Crippen molar-refractivity contribution in [2.45, 2.75) is 32.6 Å². The van der Waals surface area contributed by atoms with Crippen LogP contribution >= 0.6 is 0 Å². The second-order valence-electron chi connectivity index (χ2n) is 6.63. The molecule has 0 aliphatic rings. The van der Waals surface area contributed by atoms with Crippen LogP contribution in [0, 0.1) is 0 Å². The summed E-state index contributed by atoms with van der Waals surface area (Å²) in [4.78, 5) is 11.9. The lowest BCUT2D eigenvalue weighted by Crippen LogP contribution is -2.19. The van der Waals surface area contributed by atoms with E-state index in [1.807, 2.05) is 32.9 Å². The predicted molar refractivity (Wildman–Crippen MR) is 94.4 cm³/mol. The minimum atomic E-state index is -0.302. The molecule has 0 unspecified atom stereocenters. The number of rotatable bonds is 4. The second kappa shape index (κ2) is 7.17. The first-order valence-corrected chi connectivity index (χ1v) is 7.69. The Morgan fingerprint density at radius 2 is 1.88 bits per heavy atom. The van der Waals surface area contributed by atoms with Gasteiger partial charge in [0.05, 0.1) is 12.6 Å². The number of aromatic hydroxyl groups is 2. The van der Waals surface area contributed by atoms with Gasteiger partial charge in [-0.05, 0) is 34.7 Å². The van der Waals surface area contributed by atoms with Gasteiger partial charge in [0.25, 0.3) is 0 Å². The van der Waals surface area contributed by atoms with Crippen LogP contribution < -0.4 is 5.43 Å². The number of hydrogen-bond donors (Lipinski definition) is 3. The number of nitrogens with one attached hydrogen (secondary N) is 1. The molecule has 126 valence electrons. The highest BCUT2D eigenvalue weighted by Crippen LogP contribution is 2.32. The van der Waals surface area contributed by atoms with Crippen molar-refractivity contribution in [1.82, 2.24) is 5.43 Å². The Hall–Kier alpha value is -2.82. The van der Waals surface area contributed by atoms with E-state index in [1.165, 1.54) is 12.3 Å². The third kappa shape index (κ3) is 4.59. The summed E-state index contributed by atoms with van der Waals surface area (Å²) in [6.07, 6.45) is 1.53. The molecule has 0 atom stereocenters. The lowest BCUT2D eigenvalue weighted by molar-refractivity contribution is -0.120. The van der Waals surface area contributed by atoms with E-state index in [2.05, 4.69) is 10.5 Å². The van der Waals surface area contributed by atoms with Crippen molar-refractivity contribution in [3.05, 3.63) is 59.2 Å². The average molecular weight is 326 g/mol. The molecule has 0 aromatic heterocycles. The Bertz CT molecular complexity index is 761. The lowest BCUT2D eigenvalue weighted by atomic mass is 9.85. The molecule has 0 radical (unpaired) electrons. The van der Waals surface area contributed by atoms with Gasteiger partial charge < -0.3 is 10.2 Å². The Balaban J connectivity index is 2.03. The molecule has 0 spiro atoms. The van der Waals surface area contributed by atoms with Crippen molar-refractivity contribution in [3.8, 4) is 11.5 Å². The summed E-state index contributed by atoms with van der Waals surface area (Å²) in [7, 11) is 0. The molecule has 0 bridgehead atoms. The molecule has 0 aliphatic heterocycles. The van der Waals surface area contributed by atoms with Crippen LogP contribution in [0.4, 0.5) is 0 Å². The average Bonchev–Trinajstić information content (AvgIpc) is 2.47. The monoisotopic (exact) mass is 326 g/mol. The molecule has 24 heavy (non-hydrogen) atoms. The Labute approximate surface area is 141 Å². The predicted octanol–water partition coefficient (Wildman–Crippen LogP) is 3.09. The molecule has 2 aromatic carbocycles. The lowest BCUT2D eigenvalue weighted by Gasteiger charge is -2.21. The summed E-state index contributed by atoms with van der Waals surface area (Å²) in [5.74, 6) is -0.0213. The zero-order valence-corrected chi connectivity index (χ0v) is 14.1. The minimum Gasteiger partial charge on any atom is -0.508 e. The number of hydrogen-bond acceptors (Lipinski definition) is 4. The molecular formula is C19H22N2O3. The van der Waals surface area contributed by atoms with Crippen molar-refractivity contribution in [3.63, 3.8) is 0 Å². The van der Waals surface area contributed by atoms with Crippen LogP contribution in [-0.4, -0.2) is 22.3 Å². The van der Waals surface area contributed by atoms with Crippen LogP contribution in [-0.2, 0) is 16.6 Å². The van der Waals surface area contributed by atoms with Gasteiger partial charge in [0.2, 0.25) is 5.91 Å². The highest BCUT2D eigenvalue weighted by atomic mass is 16.3. The highest BCUT2D eigenvalue weighted by molar-refractivity contribution is 5.86. The molecule has 0 heterocycles. The topological polar surface area (TPSA) is 81.9 Å². The summed E-state index contributed by atoms with van der Waals surface area (Å²) in [5, 5.41) is 23.6. The van der Waals surface area contributed by atoms with Crippen molar-refractivity contribution in [1.29, 1.82) is 0 Å². The van der Waals surface area contributed by atoms with Crippen LogP contribution in [0.3, 0.4) is 0 Å². The van der Waals surface area contributed by atoms with Gasteiger partial charge in [-0.1, -0.05) is 45.0 Å². The molecule has 0 saturated heterocycles. The summed E-state index contributed by atoms with van der Waals surface area (Å²) in [5.41, 5.74) is 4.29. The van der Waals surface area contributed by atoms with E-state index in [9.17, 15) is 15.0 Å². The molecular weight excluding hydrogens is 304 g/mol. The van der Waals surface area contributed by atoms with Crippen molar-refractivity contribution >= 4 is 12.1 Å². The summed E-state index contributed by atoms with van der Waals surface area (Å²) in [6, 6.07) is 11.9. The normalized spacial score (nSPS) is 11.6. The smallest absolute Gasteiger partial charge is 0.244 e. The van der Waals surface area contributed by atoms with Gasteiger partial charge in [-0.25, -0.2) is 5.43 Å². The maximum atomic E-state index is 11.9. The fourth-order valence-electron chi connectivity index (χ4n) is 2.34. The summed E-state index contributed by atoms with van der Waals surface area (Å²) in [6.45, 7) is 6.04. The van der Waals surface area contributed by atoms with Crippen LogP contribution in [0.15, 0.2) is 47.6 Å². The Morgan fingerprint density at radius 3 is 2.54 bits per heavy atom.